The number of aliphatic hydroxyl groups is 1. The van der Waals surface area contributed by atoms with Crippen LogP contribution in [0.2, 0.25) is 0 Å². The second-order valence-corrected chi connectivity index (χ2v) is 9.43. The average molecular weight is 317 g/mol. The molecule has 4 heteroatoms. The van der Waals surface area contributed by atoms with Gasteiger partial charge in [-0.1, -0.05) is 19.0 Å². The van der Waals surface area contributed by atoms with Gasteiger partial charge in [-0.3, -0.25) is 0 Å². The van der Waals surface area contributed by atoms with E-state index in [1.54, 1.807) is 0 Å². The van der Waals surface area contributed by atoms with Gasteiger partial charge in [0.25, 0.3) is 0 Å². The van der Waals surface area contributed by atoms with E-state index in [0.29, 0.717) is 5.41 Å². The molecule has 4 aliphatic carbocycles. The Balaban J connectivity index is 1.58. The first-order valence-corrected chi connectivity index (χ1v) is 9.71. The van der Waals surface area contributed by atoms with Gasteiger partial charge in [0.05, 0.1) is 6.10 Å². The number of azide groups is 1. The summed E-state index contributed by atoms with van der Waals surface area (Å²) in [5, 5.41) is 14.5. The van der Waals surface area contributed by atoms with E-state index in [1.807, 2.05) is 0 Å². The van der Waals surface area contributed by atoms with Gasteiger partial charge in [-0.05, 0) is 97.8 Å². The predicted molar refractivity (Wildman–Crippen MR) is 90.7 cm³/mol. The minimum Gasteiger partial charge on any atom is -0.393 e. The minimum absolute atomic E-state index is 0.0697. The van der Waals surface area contributed by atoms with E-state index in [0.717, 1.165) is 42.9 Å². The van der Waals surface area contributed by atoms with Gasteiger partial charge in [0.2, 0.25) is 0 Å². The standard InChI is InChI=1S/C19H31N3O/c1-18-9-7-13(21-22-20)11-12(18)3-4-14-15-5-6-17(23)19(15,2)10-8-16(14)18/h12-17,23H,3-11H2,1-2H3/t12-,13+,14-,15-,16-,17+,18-,19-/m0/s1. The molecule has 4 aliphatic rings. The van der Waals surface area contributed by atoms with Crippen LogP contribution < -0.4 is 0 Å². The highest BCUT2D eigenvalue weighted by Gasteiger charge is 2.59. The molecule has 0 saturated heterocycles. The summed E-state index contributed by atoms with van der Waals surface area (Å²) in [6.45, 7) is 4.90. The van der Waals surface area contributed by atoms with Crippen LogP contribution >= 0.6 is 0 Å². The summed E-state index contributed by atoms with van der Waals surface area (Å²) in [5.41, 5.74) is 9.39. The second-order valence-electron chi connectivity index (χ2n) is 9.43. The normalized spacial score (nSPS) is 55.3. The molecule has 4 nitrogen and oxygen atoms in total. The fourth-order valence-corrected chi connectivity index (χ4v) is 7.39. The van der Waals surface area contributed by atoms with Gasteiger partial charge in [0, 0.05) is 11.0 Å². The van der Waals surface area contributed by atoms with Gasteiger partial charge in [0.15, 0.2) is 0 Å². The Bertz CT molecular complexity index is 531. The Morgan fingerprint density at radius 3 is 2.48 bits per heavy atom. The summed E-state index contributed by atoms with van der Waals surface area (Å²) in [4.78, 5) is 3.06. The summed E-state index contributed by atoms with van der Waals surface area (Å²) in [6.07, 6.45) is 10.7. The van der Waals surface area contributed by atoms with E-state index in [1.165, 1.54) is 38.5 Å². The number of hydrogen-bond donors (Lipinski definition) is 1. The second kappa shape index (κ2) is 5.39. The Hall–Kier alpha value is -0.730. The molecule has 23 heavy (non-hydrogen) atoms. The van der Waals surface area contributed by atoms with Crippen molar-refractivity contribution in [2.45, 2.75) is 83.8 Å². The molecule has 0 spiro atoms. The SMILES string of the molecule is C[C@]12CC[C@@H](N=[N+]=[N-])C[C@@H]1CC[C@@H]1[C@@H]2CC[C@]2(C)[C@H](O)CC[C@@H]12. The van der Waals surface area contributed by atoms with E-state index in [4.69, 9.17) is 5.53 Å². The smallest absolute Gasteiger partial charge is 0.0596 e. The van der Waals surface area contributed by atoms with Crippen molar-refractivity contribution in [3.8, 4) is 0 Å². The van der Waals surface area contributed by atoms with Crippen LogP contribution in [0.1, 0.15) is 71.6 Å². The first-order chi connectivity index (χ1) is 11.0. The van der Waals surface area contributed by atoms with Crippen molar-refractivity contribution in [3.05, 3.63) is 10.4 Å². The highest BCUT2D eigenvalue weighted by Crippen LogP contribution is 2.66. The summed E-state index contributed by atoms with van der Waals surface area (Å²) in [7, 11) is 0. The van der Waals surface area contributed by atoms with E-state index >= 15 is 0 Å². The lowest BCUT2D eigenvalue weighted by atomic mass is 9.45. The first kappa shape index (κ1) is 15.8. The topological polar surface area (TPSA) is 69.0 Å². The molecule has 0 amide bonds. The summed E-state index contributed by atoms with van der Waals surface area (Å²) < 4.78 is 0. The van der Waals surface area contributed by atoms with Crippen molar-refractivity contribution in [1.29, 1.82) is 0 Å². The lowest BCUT2D eigenvalue weighted by Crippen LogP contribution is -2.54. The third-order valence-corrected chi connectivity index (χ3v) is 8.80. The molecule has 0 unspecified atom stereocenters. The van der Waals surface area contributed by atoms with Crippen LogP contribution in [0.25, 0.3) is 10.4 Å². The van der Waals surface area contributed by atoms with Crippen LogP contribution in [0, 0.1) is 34.5 Å². The van der Waals surface area contributed by atoms with Crippen LogP contribution in [-0.2, 0) is 0 Å². The zero-order valence-corrected chi connectivity index (χ0v) is 14.6. The molecule has 0 aromatic carbocycles. The van der Waals surface area contributed by atoms with Crippen LogP contribution in [0.4, 0.5) is 0 Å². The van der Waals surface area contributed by atoms with Crippen LogP contribution in [0.3, 0.4) is 0 Å². The molecule has 4 fully saturated rings. The highest BCUT2D eigenvalue weighted by atomic mass is 16.3. The van der Waals surface area contributed by atoms with Crippen LogP contribution in [0.15, 0.2) is 5.11 Å². The maximum Gasteiger partial charge on any atom is 0.0596 e. The number of fused-ring (bicyclic) bond motifs is 5. The molecule has 4 rings (SSSR count). The molecule has 4 saturated carbocycles. The monoisotopic (exact) mass is 317 g/mol. The van der Waals surface area contributed by atoms with Crippen molar-refractivity contribution in [3.63, 3.8) is 0 Å². The molecular weight excluding hydrogens is 286 g/mol. The van der Waals surface area contributed by atoms with E-state index < -0.39 is 0 Å². The zero-order chi connectivity index (χ0) is 16.2. The Kier molecular flexibility index (Phi) is 3.70. The van der Waals surface area contributed by atoms with Gasteiger partial charge in [-0.2, -0.15) is 0 Å². The van der Waals surface area contributed by atoms with Gasteiger partial charge in [-0.25, -0.2) is 0 Å². The Labute approximate surface area is 139 Å². The summed E-state index contributed by atoms with van der Waals surface area (Å²) in [5.74, 6) is 3.13. The quantitative estimate of drug-likeness (QED) is 0.409. The largest absolute Gasteiger partial charge is 0.393 e. The third-order valence-electron chi connectivity index (χ3n) is 8.80. The molecule has 0 bridgehead atoms. The van der Waals surface area contributed by atoms with Crippen molar-refractivity contribution in [2.75, 3.05) is 0 Å². The van der Waals surface area contributed by atoms with E-state index in [9.17, 15) is 5.11 Å². The fourth-order valence-electron chi connectivity index (χ4n) is 7.39. The number of rotatable bonds is 1. The summed E-state index contributed by atoms with van der Waals surface area (Å²) >= 11 is 0. The van der Waals surface area contributed by atoms with E-state index in [-0.39, 0.29) is 17.6 Å². The summed E-state index contributed by atoms with van der Waals surface area (Å²) in [6, 6.07) is 0.233. The van der Waals surface area contributed by atoms with Gasteiger partial charge in [0.1, 0.15) is 0 Å². The van der Waals surface area contributed by atoms with Crippen molar-refractivity contribution in [1.82, 2.24) is 0 Å². The lowest BCUT2D eigenvalue weighted by molar-refractivity contribution is -0.122. The first-order valence-electron chi connectivity index (χ1n) is 9.71. The zero-order valence-electron chi connectivity index (χ0n) is 14.6. The molecule has 0 aliphatic heterocycles. The van der Waals surface area contributed by atoms with Crippen LogP contribution in [0.5, 0.6) is 0 Å². The molecule has 1 N–H and O–H groups in total. The predicted octanol–water partition coefficient (Wildman–Crippen LogP) is 5.07. The van der Waals surface area contributed by atoms with Crippen molar-refractivity contribution < 1.29 is 5.11 Å². The van der Waals surface area contributed by atoms with E-state index in [2.05, 4.69) is 23.9 Å². The molecule has 8 atom stereocenters. The molecule has 128 valence electrons. The lowest BCUT2D eigenvalue weighted by Gasteiger charge is -2.60. The molecule has 0 heterocycles. The molecule has 0 aromatic heterocycles. The van der Waals surface area contributed by atoms with Crippen LogP contribution in [-0.4, -0.2) is 17.3 Å². The minimum atomic E-state index is -0.0697. The Morgan fingerprint density at radius 2 is 1.70 bits per heavy atom. The third kappa shape index (κ3) is 2.17. The van der Waals surface area contributed by atoms with Crippen molar-refractivity contribution >= 4 is 0 Å². The maximum atomic E-state index is 10.5. The molecule has 0 aromatic rings. The van der Waals surface area contributed by atoms with Gasteiger partial charge < -0.3 is 5.11 Å². The van der Waals surface area contributed by atoms with Gasteiger partial charge >= 0.3 is 0 Å². The molecular formula is C19H31N3O. The fraction of sp³-hybridized carbons (Fsp3) is 1.00. The van der Waals surface area contributed by atoms with Gasteiger partial charge in [-0.15, -0.1) is 0 Å². The number of aliphatic hydroxyl groups excluding tert-OH is 1. The Morgan fingerprint density at radius 1 is 0.957 bits per heavy atom. The van der Waals surface area contributed by atoms with Crippen molar-refractivity contribution in [2.24, 2.45) is 39.6 Å². The molecule has 0 radical (unpaired) electrons. The number of nitrogens with zero attached hydrogens (tertiary/aromatic N) is 3. The highest BCUT2D eigenvalue weighted by molar-refractivity contribution is 5.09. The maximum absolute atomic E-state index is 10.5. The number of hydrogen-bond acceptors (Lipinski definition) is 2. The average Bonchev–Trinajstić information content (AvgIpc) is 2.84.